The second-order valence-corrected chi connectivity index (χ2v) is 6.71. The van der Waals surface area contributed by atoms with Crippen LogP contribution in [0.5, 0.6) is 23.0 Å². The summed E-state index contributed by atoms with van der Waals surface area (Å²) < 4.78 is 36.1. The Hall–Kier alpha value is -3.25. The molecule has 5 nitrogen and oxygen atoms in total. The van der Waals surface area contributed by atoms with Crippen molar-refractivity contribution < 1.29 is 28.7 Å². The molecule has 0 atom stereocenters. The molecule has 29 heavy (non-hydrogen) atoms. The standard InChI is InChI=1S/C23H22FNO4/c1-26-21-8-4-6-17(23(21)27-14-18-5-2-3-7-19(18)24)13-25-12-16-9-10-20-22(11-16)29-15-28-20/h2-11,25H,12-15H2,1H3/p+1. The van der Waals surface area contributed by atoms with Gasteiger partial charge in [0.2, 0.25) is 6.79 Å². The Balaban J connectivity index is 1.43. The molecule has 0 saturated heterocycles. The van der Waals surface area contributed by atoms with Gasteiger partial charge in [-0.1, -0.05) is 24.3 Å². The van der Waals surface area contributed by atoms with Crippen LogP contribution in [-0.4, -0.2) is 13.9 Å². The van der Waals surface area contributed by atoms with Gasteiger partial charge in [0.05, 0.1) is 12.7 Å². The molecule has 150 valence electrons. The van der Waals surface area contributed by atoms with Gasteiger partial charge in [-0.3, -0.25) is 0 Å². The van der Waals surface area contributed by atoms with Crippen LogP contribution < -0.4 is 24.3 Å². The summed E-state index contributed by atoms with van der Waals surface area (Å²) >= 11 is 0. The van der Waals surface area contributed by atoms with Gasteiger partial charge in [0.15, 0.2) is 23.0 Å². The number of halogens is 1. The number of rotatable bonds is 8. The summed E-state index contributed by atoms with van der Waals surface area (Å²) in [7, 11) is 1.60. The Morgan fingerprint density at radius 1 is 0.931 bits per heavy atom. The molecule has 0 bridgehead atoms. The molecule has 1 heterocycles. The molecule has 6 heteroatoms. The highest BCUT2D eigenvalue weighted by Crippen LogP contribution is 2.33. The van der Waals surface area contributed by atoms with Crippen LogP contribution in [0.3, 0.4) is 0 Å². The summed E-state index contributed by atoms with van der Waals surface area (Å²) in [5.41, 5.74) is 2.64. The molecule has 1 aliphatic rings. The third-order valence-electron chi connectivity index (χ3n) is 4.79. The van der Waals surface area contributed by atoms with Gasteiger partial charge in [-0.15, -0.1) is 0 Å². The van der Waals surface area contributed by atoms with E-state index in [1.54, 1.807) is 25.3 Å². The van der Waals surface area contributed by atoms with E-state index in [0.29, 0.717) is 23.6 Å². The number of ether oxygens (including phenoxy) is 4. The van der Waals surface area contributed by atoms with E-state index in [0.717, 1.165) is 29.2 Å². The summed E-state index contributed by atoms with van der Waals surface area (Å²) in [5.74, 6) is 2.56. The molecule has 3 aromatic rings. The first-order valence-corrected chi connectivity index (χ1v) is 9.47. The molecular formula is C23H23FNO4+. The number of benzene rings is 3. The number of fused-ring (bicyclic) bond motifs is 1. The zero-order valence-electron chi connectivity index (χ0n) is 16.2. The van der Waals surface area contributed by atoms with E-state index in [1.165, 1.54) is 6.07 Å². The van der Waals surface area contributed by atoms with E-state index >= 15 is 0 Å². The summed E-state index contributed by atoms with van der Waals surface area (Å²) in [6.07, 6.45) is 0. The molecule has 3 aromatic carbocycles. The number of nitrogens with two attached hydrogens (primary N) is 1. The van der Waals surface area contributed by atoms with Gasteiger partial charge >= 0.3 is 0 Å². The third kappa shape index (κ3) is 4.43. The molecular weight excluding hydrogens is 373 g/mol. The molecule has 0 aromatic heterocycles. The summed E-state index contributed by atoms with van der Waals surface area (Å²) in [4.78, 5) is 0. The summed E-state index contributed by atoms with van der Waals surface area (Å²) in [6.45, 7) is 1.88. The highest BCUT2D eigenvalue weighted by molar-refractivity contribution is 5.46. The fourth-order valence-electron chi connectivity index (χ4n) is 3.27. The van der Waals surface area contributed by atoms with Crippen molar-refractivity contribution in [3.63, 3.8) is 0 Å². The van der Waals surface area contributed by atoms with E-state index in [2.05, 4.69) is 5.32 Å². The zero-order chi connectivity index (χ0) is 20.1. The Bertz CT molecular complexity index is 992. The second-order valence-electron chi connectivity index (χ2n) is 6.71. The SMILES string of the molecule is COc1cccc(C[NH2+]Cc2ccc3c(c2)OCO3)c1OCc1ccccc1F. The van der Waals surface area contributed by atoms with Crippen LogP contribution in [0.2, 0.25) is 0 Å². The van der Waals surface area contributed by atoms with Crippen molar-refractivity contribution in [1.82, 2.24) is 0 Å². The van der Waals surface area contributed by atoms with Crippen LogP contribution in [0.25, 0.3) is 0 Å². The van der Waals surface area contributed by atoms with Crippen molar-refractivity contribution in [1.29, 1.82) is 0 Å². The van der Waals surface area contributed by atoms with Crippen LogP contribution in [0.1, 0.15) is 16.7 Å². The van der Waals surface area contributed by atoms with Gasteiger partial charge in [0.25, 0.3) is 0 Å². The molecule has 0 radical (unpaired) electrons. The zero-order valence-corrected chi connectivity index (χ0v) is 16.2. The Labute approximate surface area is 169 Å². The first-order valence-electron chi connectivity index (χ1n) is 9.47. The van der Waals surface area contributed by atoms with Gasteiger partial charge in [-0.05, 0) is 36.4 Å². The molecule has 2 N–H and O–H groups in total. The second kappa shape index (κ2) is 8.84. The van der Waals surface area contributed by atoms with Crippen molar-refractivity contribution in [2.45, 2.75) is 19.7 Å². The van der Waals surface area contributed by atoms with Crippen molar-refractivity contribution in [3.05, 3.63) is 83.2 Å². The van der Waals surface area contributed by atoms with Crippen LogP contribution in [0.4, 0.5) is 4.39 Å². The molecule has 0 unspecified atom stereocenters. The fourth-order valence-corrected chi connectivity index (χ4v) is 3.27. The first kappa shape index (κ1) is 19.1. The van der Waals surface area contributed by atoms with Gasteiger partial charge in [0.1, 0.15) is 25.5 Å². The van der Waals surface area contributed by atoms with Crippen molar-refractivity contribution >= 4 is 0 Å². The molecule has 4 rings (SSSR count). The van der Waals surface area contributed by atoms with E-state index < -0.39 is 0 Å². The topological polar surface area (TPSA) is 53.5 Å². The number of quaternary nitrogens is 1. The third-order valence-corrected chi connectivity index (χ3v) is 4.79. The smallest absolute Gasteiger partial charge is 0.231 e. The van der Waals surface area contributed by atoms with Gasteiger partial charge < -0.3 is 24.3 Å². The lowest BCUT2D eigenvalue weighted by molar-refractivity contribution is -0.686. The minimum atomic E-state index is -0.279. The van der Waals surface area contributed by atoms with Gasteiger partial charge in [-0.2, -0.15) is 0 Å². The predicted octanol–water partition coefficient (Wildman–Crippen LogP) is 3.41. The monoisotopic (exact) mass is 396 g/mol. The van der Waals surface area contributed by atoms with Crippen LogP contribution in [0.15, 0.2) is 60.7 Å². The van der Waals surface area contributed by atoms with Gasteiger partial charge in [-0.25, -0.2) is 4.39 Å². The van der Waals surface area contributed by atoms with E-state index in [-0.39, 0.29) is 19.2 Å². The average molecular weight is 396 g/mol. The lowest BCUT2D eigenvalue weighted by Gasteiger charge is -2.15. The Kier molecular flexibility index (Phi) is 5.81. The highest BCUT2D eigenvalue weighted by Gasteiger charge is 2.15. The normalized spacial score (nSPS) is 12.1. The van der Waals surface area contributed by atoms with Crippen molar-refractivity contribution in [2.75, 3.05) is 13.9 Å². The molecule has 0 aliphatic carbocycles. The maximum absolute atomic E-state index is 13.9. The first-order chi connectivity index (χ1) is 14.2. The minimum Gasteiger partial charge on any atom is -0.493 e. The molecule has 0 amide bonds. The van der Waals surface area contributed by atoms with E-state index in [1.807, 2.05) is 36.4 Å². The predicted molar refractivity (Wildman–Crippen MR) is 106 cm³/mol. The number of para-hydroxylation sites is 1. The maximum atomic E-state index is 13.9. The minimum absolute atomic E-state index is 0.141. The Morgan fingerprint density at radius 2 is 1.76 bits per heavy atom. The van der Waals surface area contributed by atoms with Crippen molar-refractivity contribution in [3.8, 4) is 23.0 Å². The van der Waals surface area contributed by atoms with Crippen LogP contribution >= 0.6 is 0 Å². The lowest BCUT2D eigenvalue weighted by atomic mass is 10.1. The van der Waals surface area contributed by atoms with E-state index in [4.69, 9.17) is 18.9 Å². The molecule has 0 saturated carbocycles. The number of methoxy groups -OCH3 is 1. The fraction of sp³-hybridized carbons (Fsp3) is 0.217. The summed E-state index contributed by atoms with van der Waals surface area (Å²) in [5, 5.41) is 2.17. The van der Waals surface area contributed by atoms with Crippen molar-refractivity contribution in [2.24, 2.45) is 0 Å². The lowest BCUT2D eigenvalue weighted by Crippen LogP contribution is -2.80. The van der Waals surface area contributed by atoms with Gasteiger partial charge in [0, 0.05) is 11.1 Å². The van der Waals surface area contributed by atoms with Crippen LogP contribution in [0, 0.1) is 5.82 Å². The average Bonchev–Trinajstić information content (AvgIpc) is 3.21. The summed E-state index contributed by atoms with van der Waals surface area (Å²) in [6, 6.07) is 18.3. The highest BCUT2D eigenvalue weighted by atomic mass is 19.1. The molecule has 0 fully saturated rings. The molecule has 0 spiro atoms. The number of hydrogen-bond donors (Lipinski definition) is 1. The largest absolute Gasteiger partial charge is 0.493 e. The maximum Gasteiger partial charge on any atom is 0.231 e. The number of hydrogen-bond acceptors (Lipinski definition) is 4. The van der Waals surface area contributed by atoms with E-state index in [9.17, 15) is 4.39 Å². The Morgan fingerprint density at radius 3 is 2.62 bits per heavy atom. The quantitative estimate of drug-likeness (QED) is 0.634. The van der Waals surface area contributed by atoms with Crippen LogP contribution in [-0.2, 0) is 19.7 Å². The molecule has 1 aliphatic heterocycles.